The monoisotopic (exact) mass is 371 g/mol. The first-order valence-electron chi connectivity index (χ1n) is 9.22. The zero-order valence-electron chi connectivity index (χ0n) is 15.4. The average molecular weight is 372 g/mol. The molecule has 1 amide bonds. The van der Waals surface area contributed by atoms with Gasteiger partial charge in [-0.1, -0.05) is 43.6 Å². The molecule has 5 heteroatoms. The van der Waals surface area contributed by atoms with Crippen molar-refractivity contribution < 1.29 is 4.79 Å². The minimum Gasteiger partial charge on any atom is -0.374 e. The number of amides is 1. The van der Waals surface area contributed by atoms with E-state index in [1.54, 1.807) is 0 Å². The van der Waals surface area contributed by atoms with E-state index >= 15 is 0 Å². The second-order valence-electron chi connectivity index (χ2n) is 7.00. The van der Waals surface area contributed by atoms with E-state index in [-0.39, 0.29) is 12.5 Å². The van der Waals surface area contributed by atoms with Gasteiger partial charge in [-0.2, -0.15) is 0 Å². The van der Waals surface area contributed by atoms with Crippen LogP contribution < -0.4 is 15.5 Å². The Labute approximate surface area is 160 Å². The molecule has 1 aliphatic rings. The van der Waals surface area contributed by atoms with Crippen molar-refractivity contribution >= 4 is 34.6 Å². The number of halogens is 1. The van der Waals surface area contributed by atoms with Crippen molar-refractivity contribution in [2.24, 2.45) is 0 Å². The number of nitrogens with one attached hydrogen (secondary N) is 2. The number of hydrogen-bond donors (Lipinski definition) is 2. The average Bonchev–Trinajstić information content (AvgIpc) is 3.14. The van der Waals surface area contributed by atoms with Gasteiger partial charge < -0.3 is 15.5 Å². The molecule has 0 unspecified atom stereocenters. The molecular formula is C21H26ClN3O. The Morgan fingerprint density at radius 1 is 1.12 bits per heavy atom. The van der Waals surface area contributed by atoms with Gasteiger partial charge in [-0.15, -0.1) is 0 Å². The highest BCUT2D eigenvalue weighted by molar-refractivity contribution is 6.31. The summed E-state index contributed by atoms with van der Waals surface area (Å²) < 4.78 is 0. The van der Waals surface area contributed by atoms with Gasteiger partial charge in [0.25, 0.3) is 0 Å². The Bertz CT molecular complexity index is 770. The van der Waals surface area contributed by atoms with Crippen LogP contribution in [-0.4, -0.2) is 25.5 Å². The third-order valence-electron chi connectivity index (χ3n) is 4.70. The topological polar surface area (TPSA) is 44.4 Å². The molecule has 1 aliphatic heterocycles. The molecule has 0 aliphatic carbocycles. The lowest BCUT2D eigenvalue weighted by molar-refractivity contribution is -0.114. The molecule has 1 fully saturated rings. The van der Waals surface area contributed by atoms with Crippen LogP contribution in [-0.2, 0) is 4.79 Å². The van der Waals surface area contributed by atoms with Crippen LogP contribution in [0.3, 0.4) is 0 Å². The van der Waals surface area contributed by atoms with Crippen LogP contribution in [0.4, 0.5) is 17.1 Å². The number of carbonyl (C=O) groups excluding carboxylic acids is 1. The first-order valence-corrected chi connectivity index (χ1v) is 9.59. The first-order chi connectivity index (χ1) is 12.5. The highest BCUT2D eigenvalue weighted by Gasteiger charge is 2.17. The number of para-hydroxylation sites is 1. The van der Waals surface area contributed by atoms with Crippen LogP contribution >= 0.6 is 11.6 Å². The normalized spacial score (nSPS) is 13.9. The summed E-state index contributed by atoms with van der Waals surface area (Å²) in [6.07, 6.45) is 2.41. The molecule has 0 bridgehead atoms. The van der Waals surface area contributed by atoms with Crippen LogP contribution in [0, 0.1) is 0 Å². The molecule has 3 rings (SSSR count). The molecule has 26 heavy (non-hydrogen) atoms. The maximum absolute atomic E-state index is 12.5. The molecule has 2 aromatic rings. The Kier molecular flexibility index (Phi) is 6.04. The predicted octanol–water partition coefficient (Wildman–Crippen LogP) is 5.11. The van der Waals surface area contributed by atoms with Crippen LogP contribution in [0.25, 0.3) is 0 Å². The van der Waals surface area contributed by atoms with Gasteiger partial charge in [0.15, 0.2) is 0 Å². The van der Waals surface area contributed by atoms with Gasteiger partial charge in [0.2, 0.25) is 5.91 Å². The first kappa shape index (κ1) is 18.6. The van der Waals surface area contributed by atoms with Gasteiger partial charge in [-0.3, -0.25) is 4.79 Å². The number of anilines is 3. The van der Waals surface area contributed by atoms with Gasteiger partial charge in [0, 0.05) is 23.8 Å². The highest BCUT2D eigenvalue weighted by Crippen LogP contribution is 2.31. The molecule has 138 valence electrons. The number of benzene rings is 2. The van der Waals surface area contributed by atoms with Crippen molar-refractivity contribution in [3.05, 3.63) is 53.1 Å². The number of hydrogen-bond acceptors (Lipinski definition) is 3. The Balaban J connectivity index is 1.67. The third kappa shape index (κ3) is 4.50. The minimum absolute atomic E-state index is 0.0644. The molecule has 2 aromatic carbocycles. The van der Waals surface area contributed by atoms with Crippen molar-refractivity contribution in [2.75, 3.05) is 35.2 Å². The van der Waals surface area contributed by atoms with Gasteiger partial charge >= 0.3 is 0 Å². The smallest absolute Gasteiger partial charge is 0.243 e. The molecule has 1 heterocycles. The Morgan fingerprint density at radius 2 is 1.85 bits per heavy atom. The lowest BCUT2D eigenvalue weighted by Crippen LogP contribution is -2.24. The van der Waals surface area contributed by atoms with Crippen molar-refractivity contribution in [2.45, 2.75) is 32.6 Å². The number of rotatable bonds is 6. The van der Waals surface area contributed by atoms with Crippen LogP contribution in [0.2, 0.25) is 5.02 Å². The van der Waals surface area contributed by atoms with Crippen LogP contribution in [0.1, 0.15) is 38.2 Å². The summed E-state index contributed by atoms with van der Waals surface area (Å²) in [5.74, 6) is 0.291. The number of nitrogens with zero attached hydrogens (tertiary/aromatic N) is 1. The summed E-state index contributed by atoms with van der Waals surface area (Å²) in [6.45, 7) is 6.54. The maximum Gasteiger partial charge on any atom is 0.243 e. The molecule has 4 nitrogen and oxygen atoms in total. The van der Waals surface area contributed by atoms with E-state index in [9.17, 15) is 4.79 Å². The molecular weight excluding hydrogens is 346 g/mol. The minimum atomic E-state index is -0.0644. The summed E-state index contributed by atoms with van der Waals surface area (Å²) in [4.78, 5) is 14.8. The van der Waals surface area contributed by atoms with Gasteiger partial charge in [-0.25, -0.2) is 0 Å². The second kappa shape index (κ2) is 8.45. The van der Waals surface area contributed by atoms with Gasteiger partial charge in [0.1, 0.15) is 0 Å². The molecule has 0 saturated carbocycles. The van der Waals surface area contributed by atoms with Crippen molar-refractivity contribution in [3.63, 3.8) is 0 Å². The van der Waals surface area contributed by atoms with Gasteiger partial charge in [-0.05, 0) is 48.6 Å². The quantitative estimate of drug-likeness (QED) is 0.741. The zero-order chi connectivity index (χ0) is 18.5. The standard InChI is InChI=1S/C21H26ClN3O/c1-15(2)17-7-3-4-8-18(17)24-21(26)14-23-19-13-16(22)9-10-20(19)25-11-5-6-12-25/h3-4,7-10,13,15,23H,5-6,11-12,14H2,1-2H3,(H,24,26). The highest BCUT2D eigenvalue weighted by atomic mass is 35.5. The molecule has 0 radical (unpaired) electrons. The van der Waals surface area contributed by atoms with Crippen molar-refractivity contribution in [3.8, 4) is 0 Å². The Hall–Kier alpha value is -2.20. The van der Waals surface area contributed by atoms with E-state index < -0.39 is 0 Å². The summed E-state index contributed by atoms with van der Waals surface area (Å²) in [5.41, 5.74) is 4.04. The van der Waals surface area contributed by atoms with Crippen LogP contribution in [0.15, 0.2) is 42.5 Å². The van der Waals surface area contributed by atoms with E-state index in [0.29, 0.717) is 10.9 Å². The maximum atomic E-state index is 12.5. The molecule has 0 spiro atoms. The third-order valence-corrected chi connectivity index (χ3v) is 4.94. The summed E-state index contributed by atoms with van der Waals surface area (Å²) in [5, 5.41) is 6.95. The van der Waals surface area contributed by atoms with E-state index in [4.69, 9.17) is 11.6 Å². The van der Waals surface area contributed by atoms with E-state index in [0.717, 1.165) is 35.7 Å². The fourth-order valence-corrected chi connectivity index (χ4v) is 3.54. The lowest BCUT2D eigenvalue weighted by Gasteiger charge is -2.22. The molecule has 0 aromatic heterocycles. The van der Waals surface area contributed by atoms with E-state index in [1.165, 1.54) is 12.8 Å². The SMILES string of the molecule is CC(C)c1ccccc1NC(=O)CNc1cc(Cl)ccc1N1CCCC1. The van der Waals surface area contributed by atoms with Crippen molar-refractivity contribution in [1.82, 2.24) is 0 Å². The van der Waals surface area contributed by atoms with Crippen LogP contribution in [0.5, 0.6) is 0 Å². The van der Waals surface area contributed by atoms with Crippen molar-refractivity contribution in [1.29, 1.82) is 0 Å². The summed E-state index contributed by atoms with van der Waals surface area (Å²) in [6, 6.07) is 13.8. The molecule has 1 saturated heterocycles. The van der Waals surface area contributed by atoms with E-state index in [1.807, 2.05) is 36.4 Å². The zero-order valence-corrected chi connectivity index (χ0v) is 16.1. The summed E-state index contributed by atoms with van der Waals surface area (Å²) >= 11 is 6.17. The summed E-state index contributed by atoms with van der Waals surface area (Å²) in [7, 11) is 0. The van der Waals surface area contributed by atoms with E-state index in [2.05, 4.69) is 35.4 Å². The predicted molar refractivity (Wildman–Crippen MR) is 111 cm³/mol. The second-order valence-corrected chi connectivity index (χ2v) is 7.44. The molecule has 0 atom stereocenters. The molecule has 2 N–H and O–H groups in total. The Morgan fingerprint density at radius 3 is 2.58 bits per heavy atom. The fraction of sp³-hybridized carbons (Fsp3) is 0.381. The lowest BCUT2D eigenvalue weighted by atomic mass is 10.0. The largest absolute Gasteiger partial charge is 0.374 e. The van der Waals surface area contributed by atoms with Gasteiger partial charge in [0.05, 0.1) is 17.9 Å². The fourth-order valence-electron chi connectivity index (χ4n) is 3.37. The number of carbonyl (C=O) groups is 1.